The molecule has 2 rings (SSSR count). The van der Waals surface area contributed by atoms with Gasteiger partial charge >= 0.3 is 5.69 Å². The molecule has 0 atom stereocenters. The Morgan fingerprint density at radius 2 is 2.06 bits per heavy atom. The van der Waals surface area contributed by atoms with Crippen molar-refractivity contribution in [3.8, 4) is 17.4 Å². The van der Waals surface area contributed by atoms with Crippen molar-refractivity contribution in [3.63, 3.8) is 0 Å². The highest BCUT2D eigenvalue weighted by Gasteiger charge is 2.08. The van der Waals surface area contributed by atoms with E-state index in [9.17, 15) is 15.0 Å². The third-order valence-corrected chi connectivity index (χ3v) is 2.41. The number of ether oxygens (including phenoxy) is 1. The van der Waals surface area contributed by atoms with E-state index in [1.54, 1.807) is 12.1 Å². The molecule has 0 aliphatic rings. The molecule has 6 nitrogen and oxygen atoms in total. The molecule has 4 N–H and O–H groups in total. The molecule has 6 heteroatoms. The lowest BCUT2D eigenvalue weighted by atomic mass is 10.1. The quantitative estimate of drug-likeness (QED) is 0.630. The van der Waals surface area contributed by atoms with Crippen LogP contribution in [0.3, 0.4) is 0 Å². The van der Waals surface area contributed by atoms with Crippen LogP contribution in [0, 0.1) is 0 Å². The largest absolute Gasteiger partial charge is 0.504 e. The molecule has 1 aromatic heterocycles. The van der Waals surface area contributed by atoms with Gasteiger partial charge in [-0.2, -0.15) is 0 Å². The van der Waals surface area contributed by atoms with Crippen molar-refractivity contribution in [1.29, 1.82) is 0 Å². The highest BCUT2D eigenvalue weighted by Crippen LogP contribution is 2.27. The molecule has 90 valence electrons. The van der Waals surface area contributed by atoms with Crippen LogP contribution in [0.1, 0.15) is 11.3 Å². The molecule has 0 aliphatic heterocycles. The Morgan fingerprint density at radius 3 is 2.65 bits per heavy atom. The third-order valence-electron chi connectivity index (χ3n) is 2.41. The van der Waals surface area contributed by atoms with Crippen molar-refractivity contribution in [2.45, 2.75) is 6.42 Å². The number of aromatic hydroxyl groups is 2. The SMILES string of the molecule is COc1cc(Cc2[nH]c(=O)[nH]c2O)ccc1O. The number of H-pyrrole nitrogens is 2. The number of aromatic amines is 2. The number of nitrogens with one attached hydrogen (secondary N) is 2. The molecule has 2 aromatic rings. The highest BCUT2D eigenvalue weighted by molar-refractivity contribution is 5.43. The minimum Gasteiger partial charge on any atom is -0.504 e. The number of aromatic nitrogens is 2. The summed E-state index contributed by atoms with van der Waals surface area (Å²) in [6.45, 7) is 0. The lowest BCUT2D eigenvalue weighted by Gasteiger charge is -2.05. The van der Waals surface area contributed by atoms with Crippen LogP contribution in [0.2, 0.25) is 0 Å². The van der Waals surface area contributed by atoms with Gasteiger partial charge in [0, 0.05) is 6.42 Å². The zero-order valence-corrected chi connectivity index (χ0v) is 9.15. The summed E-state index contributed by atoms with van der Waals surface area (Å²) in [5, 5.41) is 18.8. The molecule has 0 unspecified atom stereocenters. The zero-order chi connectivity index (χ0) is 12.4. The molecule has 0 radical (unpaired) electrons. The van der Waals surface area contributed by atoms with Crippen molar-refractivity contribution >= 4 is 0 Å². The number of methoxy groups -OCH3 is 1. The molecule has 0 saturated heterocycles. The van der Waals surface area contributed by atoms with Gasteiger partial charge in [0.25, 0.3) is 0 Å². The third kappa shape index (κ3) is 2.25. The van der Waals surface area contributed by atoms with Gasteiger partial charge in [-0.25, -0.2) is 4.79 Å². The fourth-order valence-electron chi connectivity index (χ4n) is 1.57. The van der Waals surface area contributed by atoms with E-state index in [4.69, 9.17) is 4.74 Å². The maximum absolute atomic E-state index is 10.9. The fourth-order valence-corrected chi connectivity index (χ4v) is 1.57. The van der Waals surface area contributed by atoms with Gasteiger partial charge in [0.15, 0.2) is 11.5 Å². The van der Waals surface area contributed by atoms with Gasteiger partial charge in [-0.15, -0.1) is 0 Å². The average molecular weight is 236 g/mol. The topological polar surface area (TPSA) is 98.3 Å². The maximum atomic E-state index is 10.9. The molecule has 1 aromatic carbocycles. The Balaban J connectivity index is 2.30. The molecule has 0 aliphatic carbocycles. The monoisotopic (exact) mass is 236 g/mol. The average Bonchev–Trinajstić information content (AvgIpc) is 2.60. The van der Waals surface area contributed by atoms with Gasteiger partial charge in [-0.1, -0.05) is 6.07 Å². The van der Waals surface area contributed by atoms with E-state index in [2.05, 4.69) is 9.97 Å². The van der Waals surface area contributed by atoms with Crippen LogP contribution in [0.25, 0.3) is 0 Å². The number of imidazole rings is 1. The Hall–Kier alpha value is -2.37. The van der Waals surface area contributed by atoms with E-state index in [-0.39, 0.29) is 11.6 Å². The van der Waals surface area contributed by atoms with Gasteiger partial charge in [0.05, 0.1) is 12.8 Å². The van der Waals surface area contributed by atoms with E-state index in [1.807, 2.05) is 0 Å². The first kappa shape index (κ1) is 11.1. The Morgan fingerprint density at radius 1 is 1.29 bits per heavy atom. The Kier molecular flexibility index (Phi) is 2.78. The maximum Gasteiger partial charge on any atom is 0.325 e. The van der Waals surface area contributed by atoms with Crippen molar-refractivity contribution in [3.05, 3.63) is 39.9 Å². The summed E-state index contributed by atoms with van der Waals surface area (Å²) in [5.41, 5.74) is 0.733. The van der Waals surface area contributed by atoms with E-state index in [0.717, 1.165) is 5.56 Å². The molecule has 0 fully saturated rings. The minimum absolute atomic E-state index is 0.0445. The summed E-state index contributed by atoms with van der Waals surface area (Å²) in [6.07, 6.45) is 0.335. The molecule has 0 bridgehead atoms. The first-order chi connectivity index (χ1) is 8.10. The second-order valence-electron chi connectivity index (χ2n) is 3.59. The lowest BCUT2D eigenvalue weighted by molar-refractivity contribution is 0.373. The van der Waals surface area contributed by atoms with E-state index < -0.39 is 5.69 Å². The normalized spacial score (nSPS) is 10.4. The number of benzene rings is 1. The van der Waals surface area contributed by atoms with Gasteiger partial charge in [0.1, 0.15) is 0 Å². The van der Waals surface area contributed by atoms with Gasteiger partial charge in [0.2, 0.25) is 5.88 Å². The van der Waals surface area contributed by atoms with Crippen LogP contribution in [0.15, 0.2) is 23.0 Å². The predicted molar refractivity (Wildman–Crippen MR) is 60.5 cm³/mol. The number of hydrogen-bond donors (Lipinski definition) is 4. The number of phenolic OH excluding ortho intramolecular Hbond substituents is 1. The van der Waals surface area contributed by atoms with Crippen molar-refractivity contribution in [2.75, 3.05) is 7.11 Å². The minimum atomic E-state index is -0.455. The zero-order valence-electron chi connectivity index (χ0n) is 9.15. The molecule has 0 spiro atoms. The van der Waals surface area contributed by atoms with Gasteiger partial charge < -0.3 is 19.9 Å². The first-order valence-electron chi connectivity index (χ1n) is 4.96. The van der Waals surface area contributed by atoms with Crippen LogP contribution in [0.4, 0.5) is 0 Å². The second kappa shape index (κ2) is 4.25. The number of rotatable bonds is 3. The van der Waals surface area contributed by atoms with Crippen molar-refractivity contribution in [1.82, 2.24) is 9.97 Å². The molecule has 1 heterocycles. The molecular formula is C11H12N2O4. The first-order valence-corrected chi connectivity index (χ1v) is 4.96. The summed E-state index contributed by atoms with van der Waals surface area (Å²) < 4.78 is 4.97. The van der Waals surface area contributed by atoms with Crippen LogP contribution in [-0.4, -0.2) is 27.3 Å². The Bertz CT molecular complexity index is 585. The molecular weight excluding hydrogens is 224 g/mol. The van der Waals surface area contributed by atoms with Gasteiger partial charge in [-0.3, -0.25) is 4.98 Å². The van der Waals surface area contributed by atoms with E-state index in [0.29, 0.717) is 17.9 Å². The highest BCUT2D eigenvalue weighted by atomic mass is 16.5. The number of phenols is 1. The molecule has 17 heavy (non-hydrogen) atoms. The molecule has 0 amide bonds. The number of hydrogen-bond acceptors (Lipinski definition) is 4. The summed E-state index contributed by atoms with van der Waals surface area (Å²) in [4.78, 5) is 15.7. The summed E-state index contributed by atoms with van der Waals surface area (Å²) in [6, 6.07) is 4.82. The smallest absolute Gasteiger partial charge is 0.325 e. The van der Waals surface area contributed by atoms with E-state index in [1.165, 1.54) is 13.2 Å². The second-order valence-corrected chi connectivity index (χ2v) is 3.59. The van der Waals surface area contributed by atoms with Crippen LogP contribution in [-0.2, 0) is 6.42 Å². The summed E-state index contributed by atoms with van der Waals surface area (Å²) in [7, 11) is 1.45. The van der Waals surface area contributed by atoms with Gasteiger partial charge in [-0.05, 0) is 17.7 Å². The van der Waals surface area contributed by atoms with E-state index >= 15 is 0 Å². The summed E-state index contributed by atoms with van der Waals surface area (Å²) >= 11 is 0. The predicted octanol–water partition coefficient (Wildman–Crippen LogP) is 0.714. The van der Waals surface area contributed by atoms with Crippen LogP contribution < -0.4 is 10.4 Å². The Labute approximate surface area is 96.5 Å². The van der Waals surface area contributed by atoms with Crippen molar-refractivity contribution in [2.24, 2.45) is 0 Å². The van der Waals surface area contributed by atoms with Crippen LogP contribution >= 0.6 is 0 Å². The standard InChI is InChI=1S/C11H12N2O4/c1-17-9-5-6(2-3-8(9)14)4-7-10(15)13-11(16)12-7/h2-3,5,14-15H,4H2,1H3,(H2,12,13,16). The molecule has 0 saturated carbocycles. The lowest BCUT2D eigenvalue weighted by Crippen LogP contribution is -2.01. The summed E-state index contributed by atoms with van der Waals surface area (Å²) in [5.74, 6) is 0.213. The van der Waals surface area contributed by atoms with Crippen LogP contribution in [0.5, 0.6) is 17.4 Å². The fraction of sp³-hybridized carbons (Fsp3) is 0.182. The van der Waals surface area contributed by atoms with Crippen molar-refractivity contribution < 1.29 is 14.9 Å².